The van der Waals surface area contributed by atoms with Crippen LogP contribution in [-0.2, 0) is 4.79 Å². The number of carbonyl (C=O) groups excluding carboxylic acids is 1. The molecule has 1 fully saturated rings. The Morgan fingerprint density at radius 3 is 2.75 bits per heavy atom. The van der Waals surface area contributed by atoms with Gasteiger partial charge in [-0.1, -0.05) is 0 Å². The number of benzene rings is 1. The molecule has 20 heavy (non-hydrogen) atoms. The second-order valence-corrected chi connectivity index (χ2v) is 4.97. The summed E-state index contributed by atoms with van der Waals surface area (Å²) in [6.07, 6.45) is 2.34. The SMILES string of the molecule is COc1ccc(NC(=O)CC(N)C2CC2)c(C(=O)O)c1. The Hall–Kier alpha value is -2.08. The van der Waals surface area contributed by atoms with Gasteiger partial charge in [0.2, 0.25) is 5.91 Å². The van der Waals surface area contributed by atoms with E-state index in [-0.39, 0.29) is 29.6 Å². The van der Waals surface area contributed by atoms with Gasteiger partial charge in [-0.3, -0.25) is 4.79 Å². The van der Waals surface area contributed by atoms with Crippen molar-refractivity contribution in [3.63, 3.8) is 0 Å². The number of hydrogen-bond acceptors (Lipinski definition) is 4. The van der Waals surface area contributed by atoms with Gasteiger partial charge in [-0.15, -0.1) is 0 Å². The number of carboxylic acid groups (broad SMARTS) is 1. The Balaban J connectivity index is 2.07. The summed E-state index contributed by atoms with van der Waals surface area (Å²) in [5.41, 5.74) is 6.13. The lowest BCUT2D eigenvalue weighted by atomic mass is 10.1. The molecule has 0 saturated heterocycles. The molecule has 0 bridgehead atoms. The number of anilines is 1. The Bertz CT molecular complexity index is 526. The number of rotatable bonds is 6. The average Bonchev–Trinajstić information content (AvgIpc) is 3.23. The summed E-state index contributed by atoms with van der Waals surface area (Å²) >= 11 is 0. The Labute approximate surface area is 116 Å². The molecule has 6 nitrogen and oxygen atoms in total. The molecular weight excluding hydrogens is 260 g/mol. The van der Waals surface area contributed by atoms with E-state index in [0.29, 0.717) is 11.7 Å². The van der Waals surface area contributed by atoms with Crippen molar-refractivity contribution in [2.24, 2.45) is 11.7 Å². The molecule has 1 atom stereocenters. The monoisotopic (exact) mass is 278 g/mol. The van der Waals surface area contributed by atoms with Crippen LogP contribution in [0.25, 0.3) is 0 Å². The van der Waals surface area contributed by atoms with Crippen molar-refractivity contribution < 1.29 is 19.4 Å². The van der Waals surface area contributed by atoms with Crippen LogP contribution in [0.3, 0.4) is 0 Å². The third-order valence-corrected chi connectivity index (χ3v) is 3.38. The molecule has 0 radical (unpaired) electrons. The summed E-state index contributed by atoms with van der Waals surface area (Å²) in [4.78, 5) is 23.0. The summed E-state index contributed by atoms with van der Waals surface area (Å²) in [6.45, 7) is 0. The van der Waals surface area contributed by atoms with Gasteiger partial charge in [-0.05, 0) is 37.0 Å². The molecule has 1 aromatic rings. The van der Waals surface area contributed by atoms with Gasteiger partial charge in [0.1, 0.15) is 5.75 Å². The van der Waals surface area contributed by atoms with Gasteiger partial charge in [-0.25, -0.2) is 4.79 Å². The van der Waals surface area contributed by atoms with Gasteiger partial charge < -0.3 is 20.9 Å². The van der Waals surface area contributed by atoms with E-state index >= 15 is 0 Å². The van der Waals surface area contributed by atoms with Crippen molar-refractivity contribution in [3.05, 3.63) is 23.8 Å². The zero-order chi connectivity index (χ0) is 14.7. The van der Waals surface area contributed by atoms with Crippen LogP contribution < -0.4 is 15.8 Å². The van der Waals surface area contributed by atoms with E-state index in [9.17, 15) is 9.59 Å². The third kappa shape index (κ3) is 3.48. The third-order valence-electron chi connectivity index (χ3n) is 3.38. The van der Waals surface area contributed by atoms with Crippen LogP contribution >= 0.6 is 0 Å². The Morgan fingerprint density at radius 1 is 1.50 bits per heavy atom. The number of carboxylic acids is 1. The molecule has 1 aliphatic rings. The fourth-order valence-corrected chi connectivity index (χ4v) is 2.04. The summed E-state index contributed by atoms with van der Waals surface area (Å²) in [7, 11) is 1.45. The molecule has 1 unspecified atom stereocenters. The molecule has 0 spiro atoms. The van der Waals surface area contributed by atoms with E-state index < -0.39 is 5.97 Å². The van der Waals surface area contributed by atoms with Crippen LogP contribution in [0.5, 0.6) is 5.75 Å². The van der Waals surface area contributed by atoms with Crippen molar-refractivity contribution in [3.8, 4) is 5.75 Å². The van der Waals surface area contributed by atoms with E-state index in [1.165, 1.54) is 19.2 Å². The molecule has 6 heteroatoms. The van der Waals surface area contributed by atoms with Crippen LogP contribution in [0.15, 0.2) is 18.2 Å². The summed E-state index contributed by atoms with van der Waals surface area (Å²) in [5, 5.41) is 11.7. The van der Waals surface area contributed by atoms with Gasteiger partial charge in [0.15, 0.2) is 0 Å². The smallest absolute Gasteiger partial charge is 0.337 e. The normalized spacial score (nSPS) is 15.5. The average molecular weight is 278 g/mol. The number of ether oxygens (including phenoxy) is 1. The number of carbonyl (C=O) groups is 2. The van der Waals surface area contributed by atoms with E-state index in [0.717, 1.165) is 12.8 Å². The highest BCUT2D eigenvalue weighted by Crippen LogP contribution is 2.33. The predicted octanol–water partition coefficient (Wildman–Crippen LogP) is 1.46. The first-order chi connectivity index (χ1) is 9.51. The summed E-state index contributed by atoms with van der Waals surface area (Å²) in [5.74, 6) is -0.534. The highest BCUT2D eigenvalue weighted by atomic mass is 16.5. The van der Waals surface area contributed by atoms with Gasteiger partial charge in [0.05, 0.1) is 18.4 Å². The molecule has 0 aliphatic heterocycles. The zero-order valence-corrected chi connectivity index (χ0v) is 11.3. The van der Waals surface area contributed by atoms with E-state index in [4.69, 9.17) is 15.6 Å². The van der Waals surface area contributed by atoms with Crippen LogP contribution in [-0.4, -0.2) is 30.1 Å². The second kappa shape index (κ2) is 5.92. The molecule has 1 aliphatic carbocycles. The van der Waals surface area contributed by atoms with Crippen molar-refractivity contribution in [2.45, 2.75) is 25.3 Å². The van der Waals surface area contributed by atoms with E-state index in [1.807, 2.05) is 0 Å². The lowest BCUT2D eigenvalue weighted by Crippen LogP contribution is -2.29. The number of aromatic carboxylic acids is 1. The van der Waals surface area contributed by atoms with Gasteiger partial charge in [0, 0.05) is 12.5 Å². The molecular formula is C14H18N2O4. The van der Waals surface area contributed by atoms with Crippen molar-refractivity contribution in [1.82, 2.24) is 0 Å². The van der Waals surface area contributed by atoms with Crippen molar-refractivity contribution >= 4 is 17.6 Å². The minimum absolute atomic E-state index is 0.00214. The van der Waals surface area contributed by atoms with Crippen LogP contribution in [0.2, 0.25) is 0 Å². The van der Waals surface area contributed by atoms with Gasteiger partial charge in [-0.2, -0.15) is 0 Å². The lowest BCUT2D eigenvalue weighted by Gasteiger charge is -2.12. The summed E-state index contributed by atoms with van der Waals surface area (Å²) < 4.78 is 4.97. The highest BCUT2D eigenvalue weighted by Gasteiger charge is 2.30. The number of amides is 1. The maximum Gasteiger partial charge on any atom is 0.337 e. The van der Waals surface area contributed by atoms with E-state index in [1.54, 1.807) is 6.07 Å². The van der Waals surface area contributed by atoms with Crippen molar-refractivity contribution in [1.29, 1.82) is 0 Å². The number of hydrogen-bond donors (Lipinski definition) is 3. The number of nitrogens with two attached hydrogens (primary N) is 1. The van der Waals surface area contributed by atoms with Gasteiger partial charge >= 0.3 is 5.97 Å². The zero-order valence-electron chi connectivity index (χ0n) is 11.3. The molecule has 1 aromatic carbocycles. The molecule has 0 aromatic heterocycles. The standard InChI is InChI=1S/C14H18N2O4/c1-20-9-4-5-12(10(6-9)14(18)19)16-13(17)7-11(15)8-2-3-8/h4-6,8,11H,2-3,7,15H2,1H3,(H,16,17)(H,18,19). The fourth-order valence-electron chi connectivity index (χ4n) is 2.04. The molecule has 0 heterocycles. The topological polar surface area (TPSA) is 102 Å². The van der Waals surface area contributed by atoms with E-state index in [2.05, 4.69) is 5.32 Å². The Morgan fingerprint density at radius 2 is 2.20 bits per heavy atom. The molecule has 1 amide bonds. The maximum atomic E-state index is 11.9. The first-order valence-electron chi connectivity index (χ1n) is 6.48. The fraction of sp³-hybridized carbons (Fsp3) is 0.429. The van der Waals surface area contributed by atoms with Crippen LogP contribution in [0.4, 0.5) is 5.69 Å². The highest BCUT2D eigenvalue weighted by molar-refractivity contribution is 6.01. The lowest BCUT2D eigenvalue weighted by molar-refractivity contribution is -0.116. The first-order valence-corrected chi connectivity index (χ1v) is 6.48. The Kier molecular flexibility index (Phi) is 4.24. The predicted molar refractivity (Wildman–Crippen MR) is 73.9 cm³/mol. The van der Waals surface area contributed by atoms with Crippen LogP contribution in [0.1, 0.15) is 29.6 Å². The quantitative estimate of drug-likeness (QED) is 0.731. The maximum absolute atomic E-state index is 11.9. The summed E-state index contributed by atoms with van der Waals surface area (Å²) in [6, 6.07) is 4.34. The van der Waals surface area contributed by atoms with Gasteiger partial charge in [0.25, 0.3) is 0 Å². The molecule has 2 rings (SSSR count). The second-order valence-electron chi connectivity index (χ2n) is 4.97. The first kappa shape index (κ1) is 14.3. The largest absolute Gasteiger partial charge is 0.497 e. The minimum Gasteiger partial charge on any atom is -0.497 e. The van der Waals surface area contributed by atoms with Crippen molar-refractivity contribution in [2.75, 3.05) is 12.4 Å². The number of methoxy groups -OCH3 is 1. The van der Waals surface area contributed by atoms with Crippen LogP contribution in [0, 0.1) is 5.92 Å². The molecule has 1 saturated carbocycles. The molecule has 4 N–H and O–H groups in total. The molecule has 108 valence electrons. The minimum atomic E-state index is -1.12. The number of nitrogens with one attached hydrogen (secondary N) is 1.